The van der Waals surface area contributed by atoms with Crippen LogP contribution in [0.3, 0.4) is 0 Å². The average Bonchev–Trinajstić information content (AvgIpc) is 3.44. The Bertz CT molecular complexity index is 332. The normalized spacial score (nSPS) is 33.2. The molecule has 4 unspecified atom stereocenters. The van der Waals surface area contributed by atoms with Crippen molar-refractivity contribution in [3.8, 4) is 0 Å². The molecule has 4 aliphatic heterocycles. The first-order chi connectivity index (χ1) is 12.3. The molecular formula is C17H28O8Y. The fourth-order valence-electron chi connectivity index (χ4n) is 2.53. The summed E-state index contributed by atoms with van der Waals surface area (Å²) < 4.78 is 44.4. The van der Waals surface area contributed by atoms with Crippen molar-refractivity contribution in [2.24, 2.45) is 5.41 Å². The minimum atomic E-state index is -0.354. The molecule has 0 saturated carbocycles. The van der Waals surface area contributed by atoms with Crippen molar-refractivity contribution in [1.82, 2.24) is 0 Å². The Morgan fingerprint density at radius 1 is 0.538 bits per heavy atom. The van der Waals surface area contributed by atoms with E-state index in [2.05, 4.69) is 0 Å². The predicted octanol–water partition coefficient (Wildman–Crippen LogP) is -0.368. The quantitative estimate of drug-likeness (QED) is 0.295. The third-order valence-corrected chi connectivity index (χ3v) is 4.46. The zero-order valence-electron chi connectivity index (χ0n) is 15.1. The molecule has 0 aromatic rings. The fraction of sp³-hybridized carbons (Fsp3) is 1.00. The van der Waals surface area contributed by atoms with Gasteiger partial charge in [-0.2, -0.15) is 0 Å². The molecule has 8 nitrogen and oxygen atoms in total. The van der Waals surface area contributed by atoms with Crippen molar-refractivity contribution in [2.45, 2.75) is 24.4 Å². The maximum atomic E-state index is 5.88. The van der Waals surface area contributed by atoms with E-state index < -0.39 is 0 Å². The van der Waals surface area contributed by atoms with Gasteiger partial charge in [0.1, 0.15) is 24.4 Å². The fourth-order valence-corrected chi connectivity index (χ4v) is 2.53. The van der Waals surface area contributed by atoms with Gasteiger partial charge in [-0.05, 0) is 0 Å². The molecule has 4 rings (SSSR count). The number of hydrogen-bond donors (Lipinski definition) is 0. The van der Waals surface area contributed by atoms with Gasteiger partial charge >= 0.3 is 0 Å². The van der Waals surface area contributed by atoms with E-state index in [-0.39, 0.29) is 62.5 Å². The molecular weight excluding hydrogens is 421 g/mol. The van der Waals surface area contributed by atoms with E-state index in [0.717, 1.165) is 26.4 Å². The van der Waals surface area contributed by atoms with Crippen LogP contribution in [0.5, 0.6) is 0 Å². The Morgan fingerprint density at radius 2 is 0.769 bits per heavy atom. The second kappa shape index (κ2) is 10.5. The molecule has 0 bridgehead atoms. The van der Waals surface area contributed by atoms with Crippen molar-refractivity contribution in [3.05, 3.63) is 0 Å². The molecule has 0 aromatic carbocycles. The summed E-state index contributed by atoms with van der Waals surface area (Å²) in [4.78, 5) is 0. The van der Waals surface area contributed by atoms with Crippen molar-refractivity contribution < 1.29 is 70.6 Å². The molecule has 147 valence electrons. The van der Waals surface area contributed by atoms with E-state index in [1.807, 2.05) is 0 Å². The van der Waals surface area contributed by atoms with Crippen LogP contribution in [-0.4, -0.2) is 104 Å². The molecule has 4 heterocycles. The number of rotatable bonds is 16. The molecule has 1 radical (unpaired) electrons. The van der Waals surface area contributed by atoms with Crippen LogP contribution in [0.25, 0.3) is 0 Å². The average molecular weight is 449 g/mol. The van der Waals surface area contributed by atoms with Gasteiger partial charge in [-0.3, -0.25) is 0 Å². The topological polar surface area (TPSA) is 87.0 Å². The van der Waals surface area contributed by atoms with E-state index in [1.54, 1.807) is 0 Å². The zero-order chi connectivity index (χ0) is 17.0. The van der Waals surface area contributed by atoms with Crippen molar-refractivity contribution in [3.63, 3.8) is 0 Å². The molecule has 4 saturated heterocycles. The van der Waals surface area contributed by atoms with Crippen LogP contribution >= 0.6 is 0 Å². The minimum Gasteiger partial charge on any atom is -0.378 e. The molecule has 4 aliphatic rings. The molecule has 4 atom stereocenters. The minimum absolute atomic E-state index is 0. The second-order valence-corrected chi connectivity index (χ2v) is 7.38. The first-order valence-corrected chi connectivity index (χ1v) is 9.09. The van der Waals surface area contributed by atoms with Crippen LogP contribution in [0, 0.1) is 5.41 Å². The monoisotopic (exact) mass is 449 g/mol. The predicted molar refractivity (Wildman–Crippen MR) is 84.7 cm³/mol. The van der Waals surface area contributed by atoms with Gasteiger partial charge in [0, 0.05) is 32.7 Å². The van der Waals surface area contributed by atoms with E-state index in [9.17, 15) is 0 Å². The van der Waals surface area contributed by atoms with Gasteiger partial charge in [-0.25, -0.2) is 0 Å². The molecule has 9 heteroatoms. The van der Waals surface area contributed by atoms with Gasteiger partial charge in [0.05, 0.1) is 84.7 Å². The van der Waals surface area contributed by atoms with Crippen molar-refractivity contribution in [2.75, 3.05) is 79.3 Å². The molecule has 0 amide bonds. The summed E-state index contributed by atoms with van der Waals surface area (Å²) in [6.07, 6.45) is 0.945. The van der Waals surface area contributed by atoms with Crippen LogP contribution in [0.15, 0.2) is 0 Å². The summed E-state index contributed by atoms with van der Waals surface area (Å²) in [5.74, 6) is 0. The van der Waals surface area contributed by atoms with Gasteiger partial charge in [-0.15, -0.1) is 0 Å². The van der Waals surface area contributed by atoms with Crippen LogP contribution in [0.1, 0.15) is 0 Å². The Balaban J connectivity index is 0.00000196. The first-order valence-electron chi connectivity index (χ1n) is 9.09. The number of ether oxygens (including phenoxy) is 8. The molecule has 26 heavy (non-hydrogen) atoms. The van der Waals surface area contributed by atoms with Crippen LogP contribution in [0.4, 0.5) is 0 Å². The first kappa shape index (κ1) is 21.5. The summed E-state index contributed by atoms with van der Waals surface area (Å²) in [6, 6.07) is 0. The molecule has 0 aliphatic carbocycles. The van der Waals surface area contributed by atoms with Crippen LogP contribution in [-0.2, 0) is 70.6 Å². The SMILES string of the molecule is C(OCC(COCC1CO1)(COCC1CO1)COCC1CO1)C1CO1.[Y]. The maximum absolute atomic E-state index is 5.88. The van der Waals surface area contributed by atoms with Crippen LogP contribution < -0.4 is 0 Å². The molecule has 4 fully saturated rings. The van der Waals surface area contributed by atoms with E-state index >= 15 is 0 Å². The van der Waals surface area contributed by atoms with Gasteiger partial charge in [-0.1, -0.05) is 0 Å². The van der Waals surface area contributed by atoms with E-state index in [0.29, 0.717) is 52.9 Å². The van der Waals surface area contributed by atoms with E-state index in [4.69, 9.17) is 37.9 Å². The maximum Gasteiger partial charge on any atom is 0.104 e. The van der Waals surface area contributed by atoms with Crippen molar-refractivity contribution in [1.29, 1.82) is 0 Å². The van der Waals surface area contributed by atoms with Crippen molar-refractivity contribution >= 4 is 0 Å². The Kier molecular flexibility index (Phi) is 8.70. The van der Waals surface area contributed by atoms with Gasteiger partial charge in [0.2, 0.25) is 0 Å². The Hall–Kier alpha value is 0.784. The molecule has 0 aromatic heterocycles. The smallest absolute Gasteiger partial charge is 0.104 e. The second-order valence-electron chi connectivity index (χ2n) is 7.38. The third kappa shape index (κ3) is 8.43. The third-order valence-electron chi connectivity index (χ3n) is 4.46. The largest absolute Gasteiger partial charge is 0.378 e. The Labute approximate surface area is 179 Å². The number of epoxide rings is 4. The summed E-state index contributed by atoms with van der Waals surface area (Å²) in [7, 11) is 0. The zero-order valence-corrected chi connectivity index (χ0v) is 18.0. The summed E-state index contributed by atoms with van der Waals surface area (Å²) in [5, 5.41) is 0. The Morgan fingerprint density at radius 3 is 0.962 bits per heavy atom. The molecule has 0 spiro atoms. The van der Waals surface area contributed by atoms with Gasteiger partial charge in [0.25, 0.3) is 0 Å². The van der Waals surface area contributed by atoms with E-state index in [1.165, 1.54) is 0 Å². The number of hydrogen-bond acceptors (Lipinski definition) is 8. The van der Waals surface area contributed by atoms with Gasteiger partial charge < -0.3 is 37.9 Å². The van der Waals surface area contributed by atoms with Gasteiger partial charge in [0.15, 0.2) is 0 Å². The standard InChI is InChI=1S/C17H28O8.Y/c1(13-5-22-13)18-9-17(10-19-2-14-6-23-14,11-20-3-15-7-24-15)12-21-4-16-8-25-16;/h13-16H,1-12H2;. The summed E-state index contributed by atoms with van der Waals surface area (Å²) in [6.45, 7) is 7.59. The summed E-state index contributed by atoms with van der Waals surface area (Å²) >= 11 is 0. The summed E-state index contributed by atoms with van der Waals surface area (Å²) in [5.41, 5.74) is -0.354. The van der Waals surface area contributed by atoms with Crippen LogP contribution in [0.2, 0.25) is 0 Å². The molecule has 0 N–H and O–H groups in total.